The Bertz CT molecular complexity index is 420. The zero-order valence-electron chi connectivity index (χ0n) is 11.0. The molecule has 0 amide bonds. The molecular formula is C14H18BrClFNO. The first-order valence-corrected chi connectivity index (χ1v) is 7.73. The van der Waals surface area contributed by atoms with Crippen molar-refractivity contribution >= 4 is 27.5 Å². The van der Waals surface area contributed by atoms with Crippen molar-refractivity contribution in [2.24, 2.45) is 5.92 Å². The quantitative estimate of drug-likeness (QED) is 0.800. The molecule has 1 unspecified atom stereocenters. The summed E-state index contributed by atoms with van der Waals surface area (Å²) in [4.78, 5) is 2.37. The van der Waals surface area contributed by atoms with Gasteiger partial charge in [0.25, 0.3) is 0 Å². The molecule has 1 aliphatic heterocycles. The van der Waals surface area contributed by atoms with Crippen molar-refractivity contribution in [1.29, 1.82) is 0 Å². The summed E-state index contributed by atoms with van der Waals surface area (Å²) in [6.07, 6.45) is 2.54. The minimum atomic E-state index is -0.425. The highest BCUT2D eigenvalue weighted by Crippen LogP contribution is 2.31. The van der Waals surface area contributed by atoms with Gasteiger partial charge in [-0.2, -0.15) is 0 Å². The minimum absolute atomic E-state index is 0.245. The number of piperidine rings is 1. The smallest absolute Gasteiger partial charge is 0.169 e. The molecule has 0 bridgehead atoms. The number of likely N-dealkylation sites (tertiary alicyclic amines) is 1. The number of nitrogens with zero attached hydrogens (tertiary/aromatic N) is 1. The molecule has 5 heteroatoms. The lowest BCUT2D eigenvalue weighted by molar-refractivity contribution is 0.151. The van der Waals surface area contributed by atoms with Crippen LogP contribution in [0.25, 0.3) is 0 Å². The highest BCUT2D eigenvalue weighted by atomic mass is 79.9. The third kappa shape index (κ3) is 4.33. The van der Waals surface area contributed by atoms with Crippen LogP contribution in [-0.4, -0.2) is 31.1 Å². The Balaban J connectivity index is 1.85. The van der Waals surface area contributed by atoms with E-state index in [1.807, 2.05) is 0 Å². The van der Waals surface area contributed by atoms with Gasteiger partial charge in [0.15, 0.2) is 11.6 Å². The summed E-state index contributed by atoms with van der Waals surface area (Å²) in [6, 6.07) is 2.91. The summed E-state index contributed by atoms with van der Waals surface area (Å²) >= 11 is 9.03. The lowest BCUT2D eigenvalue weighted by Crippen LogP contribution is -2.37. The Labute approximate surface area is 127 Å². The SMILES string of the molecule is CC1CCCN(CCOc2c(F)cc(Cl)cc2Br)C1. The van der Waals surface area contributed by atoms with Crippen LogP contribution in [0.4, 0.5) is 4.39 Å². The fourth-order valence-corrected chi connectivity index (χ4v) is 3.32. The molecule has 2 rings (SSSR count). The van der Waals surface area contributed by atoms with Crippen LogP contribution < -0.4 is 4.74 Å². The van der Waals surface area contributed by atoms with Gasteiger partial charge in [0.05, 0.1) is 4.47 Å². The molecule has 0 radical (unpaired) electrons. The molecule has 0 N–H and O–H groups in total. The van der Waals surface area contributed by atoms with Crippen LogP contribution >= 0.6 is 27.5 Å². The molecule has 2 nitrogen and oxygen atoms in total. The first kappa shape index (κ1) is 15.1. The monoisotopic (exact) mass is 349 g/mol. The lowest BCUT2D eigenvalue weighted by Gasteiger charge is -2.30. The molecule has 0 saturated carbocycles. The third-order valence-electron chi connectivity index (χ3n) is 3.36. The molecule has 0 aliphatic carbocycles. The topological polar surface area (TPSA) is 12.5 Å². The predicted octanol–water partition coefficient (Wildman–Crippen LogP) is 4.35. The summed E-state index contributed by atoms with van der Waals surface area (Å²) < 4.78 is 19.8. The van der Waals surface area contributed by atoms with Crippen molar-refractivity contribution < 1.29 is 9.13 Å². The molecular weight excluding hydrogens is 333 g/mol. The predicted molar refractivity (Wildman–Crippen MR) is 79.4 cm³/mol. The summed E-state index contributed by atoms with van der Waals surface area (Å²) in [6.45, 7) is 5.80. The molecule has 0 aromatic heterocycles. The third-order valence-corrected chi connectivity index (χ3v) is 4.17. The number of rotatable bonds is 4. The zero-order chi connectivity index (χ0) is 13.8. The van der Waals surface area contributed by atoms with Gasteiger partial charge in [-0.1, -0.05) is 18.5 Å². The fourth-order valence-electron chi connectivity index (χ4n) is 2.43. The van der Waals surface area contributed by atoms with Crippen molar-refractivity contribution in [2.75, 3.05) is 26.2 Å². The molecule has 1 heterocycles. The maximum absolute atomic E-state index is 13.7. The van der Waals surface area contributed by atoms with Crippen LogP contribution in [0, 0.1) is 11.7 Å². The van der Waals surface area contributed by atoms with Gasteiger partial charge in [0, 0.05) is 18.1 Å². The van der Waals surface area contributed by atoms with Crippen molar-refractivity contribution in [2.45, 2.75) is 19.8 Å². The lowest BCUT2D eigenvalue weighted by atomic mass is 10.0. The second kappa shape index (κ2) is 6.91. The summed E-state index contributed by atoms with van der Waals surface area (Å²) in [5.74, 6) is 0.564. The molecule has 1 saturated heterocycles. The molecule has 1 fully saturated rings. The van der Waals surface area contributed by atoms with Gasteiger partial charge < -0.3 is 4.74 Å². The highest BCUT2D eigenvalue weighted by Gasteiger charge is 2.16. The molecule has 1 aromatic carbocycles. The van der Waals surface area contributed by atoms with E-state index in [1.165, 1.54) is 18.9 Å². The Morgan fingerprint density at radius 2 is 2.32 bits per heavy atom. The minimum Gasteiger partial charge on any atom is -0.488 e. The second-order valence-electron chi connectivity index (χ2n) is 5.10. The molecule has 1 aromatic rings. The molecule has 1 atom stereocenters. The Kier molecular flexibility index (Phi) is 5.48. The number of halogens is 3. The maximum atomic E-state index is 13.7. The maximum Gasteiger partial charge on any atom is 0.169 e. The average molecular weight is 351 g/mol. The average Bonchev–Trinajstić information content (AvgIpc) is 2.32. The van der Waals surface area contributed by atoms with Crippen molar-refractivity contribution in [3.8, 4) is 5.75 Å². The van der Waals surface area contributed by atoms with Gasteiger partial charge >= 0.3 is 0 Å². The van der Waals surface area contributed by atoms with Crippen molar-refractivity contribution in [1.82, 2.24) is 4.90 Å². The summed E-state index contributed by atoms with van der Waals surface area (Å²) in [7, 11) is 0. The van der Waals surface area contributed by atoms with E-state index < -0.39 is 5.82 Å². The normalized spacial score (nSPS) is 20.5. The van der Waals surface area contributed by atoms with Gasteiger partial charge in [0.2, 0.25) is 0 Å². The number of hydrogen-bond acceptors (Lipinski definition) is 2. The van der Waals surface area contributed by atoms with E-state index >= 15 is 0 Å². The van der Waals surface area contributed by atoms with Gasteiger partial charge in [-0.15, -0.1) is 0 Å². The number of ether oxygens (including phenoxy) is 1. The number of hydrogen-bond donors (Lipinski definition) is 0. The van der Waals surface area contributed by atoms with Crippen LogP contribution in [-0.2, 0) is 0 Å². The van der Waals surface area contributed by atoms with Crippen LogP contribution in [0.3, 0.4) is 0 Å². The standard InChI is InChI=1S/C14H18BrClFNO/c1-10-3-2-4-18(9-10)5-6-19-14-12(15)7-11(16)8-13(14)17/h7-8,10H,2-6,9H2,1H3. The van der Waals surface area contributed by atoms with E-state index in [1.54, 1.807) is 6.07 Å². The van der Waals surface area contributed by atoms with E-state index in [0.717, 1.165) is 25.6 Å². The van der Waals surface area contributed by atoms with E-state index in [9.17, 15) is 4.39 Å². The molecule has 0 spiro atoms. The molecule has 19 heavy (non-hydrogen) atoms. The second-order valence-corrected chi connectivity index (χ2v) is 6.39. The van der Waals surface area contributed by atoms with E-state index in [4.69, 9.17) is 16.3 Å². The zero-order valence-corrected chi connectivity index (χ0v) is 13.3. The van der Waals surface area contributed by atoms with Crippen molar-refractivity contribution in [3.63, 3.8) is 0 Å². The van der Waals surface area contributed by atoms with Gasteiger partial charge in [-0.3, -0.25) is 4.90 Å². The van der Waals surface area contributed by atoms with E-state index in [0.29, 0.717) is 16.1 Å². The number of benzene rings is 1. The van der Waals surface area contributed by atoms with Gasteiger partial charge in [-0.25, -0.2) is 4.39 Å². The summed E-state index contributed by atoms with van der Waals surface area (Å²) in [5, 5.41) is 0.363. The molecule has 1 aliphatic rings. The Morgan fingerprint density at radius 3 is 3.00 bits per heavy atom. The Morgan fingerprint density at radius 1 is 1.53 bits per heavy atom. The molecule has 106 valence electrons. The fraction of sp³-hybridized carbons (Fsp3) is 0.571. The van der Waals surface area contributed by atoms with Gasteiger partial charge in [0.1, 0.15) is 6.61 Å². The van der Waals surface area contributed by atoms with Crippen LogP contribution in [0.15, 0.2) is 16.6 Å². The van der Waals surface area contributed by atoms with E-state index in [2.05, 4.69) is 27.8 Å². The first-order chi connectivity index (χ1) is 9.06. The first-order valence-electron chi connectivity index (χ1n) is 6.56. The summed E-state index contributed by atoms with van der Waals surface area (Å²) in [5.41, 5.74) is 0. The van der Waals surface area contributed by atoms with Crippen LogP contribution in [0.5, 0.6) is 5.75 Å². The van der Waals surface area contributed by atoms with Crippen molar-refractivity contribution in [3.05, 3.63) is 27.4 Å². The van der Waals surface area contributed by atoms with E-state index in [-0.39, 0.29) is 5.75 Å². The van der Waals surface area contributed by atoms with Crippen LogP contribution in [0.2, 0.25) is 5.02 Å². The Hall–Kier alpha value is -0.320. The van der Waals surface area contributed by atoms with Crippen LogP contribution in [0.1, 0.15) is 19.8 Å². The highest BCUT2D eigenvalue weighted by molar-refractivity contribution is 9.10. The largest absolute Gasteiger partial charge is 0.488 e. The van der Waals surface area contributed by atoms with Gasteiger partial charge in [-0.05, 0) is 53.4 Å².